The van der Waals surface area contributed by atoms with E-state index in [-0.39, 0.29) is 48.8 Å². The Kier molecular flexibility index (Phi) is 50.5. The van der Waals surface area contributed by atoms with E-state index in [2.05, 4.69) is 19.6 Å². The first-order valence-electron chi connectivity index (χ1n) is 3.09. The maximum absolute atomic E-state index is 7.88. The number of halogens is 1. The van der Waals surface area contributed by atoms with Gasteiger partial charge >= 0.3 is 23.1 Å². The number of rotatable bonds is 1. The van der Waals surface area contributed by atoms with E-state index in [1.165, 1.54) is 0 Å². The molecule has 0 rings (SSSR count). The Morgan fingerprint density at radius 3 is 1.50 bits per heavy atom. The summed E-state index contributed by atoms with van der Waals surface area (Å²) in [7, 11) is -0.389. The Balaban J connectivity index is -0.0000000300. The third kappa shape index (κ3) is 114. The van der Waals surface area contributed by atoms with Crippen molar-refractivity contribution in [1.82, 2.24) is 0 Å². The maximum atomic E-state index is 7.88. The zero-order chi connectivity index (χ0) is 6.99. The first-order valence-corrected chi connectivity index (χ1v) is 6.21. The summed E-state index contributed by atoms with van der Waals surface area (Å²) in [6.07, 6.45) is 0.875. The third-order valence-electron chi connectivity index (χ3n) is 0.224. The molecule has 0 aliphatic carbocycles. The van der Waals surface area contributed by atoms with Crippen molar-refractivity contribution in [1.29, 1.82) is 0 Å². The van der Waals surface area contributed by atoms with E-state index in [4.69, 9.17) is 5.11 Å². The monoisotopic (exact) mass is 237 g/mol. The van der Waals surface area contributed by atoms with Crippen molar-refractivity contribution in [2.75, 3.05) is 6.61 Å². The Bertz CT molecular complexity index is 34.2. The van der Waals surface area contributed by atoms with Crippen molar-refractivity contribution in [3.63, 3.8) is 0 Å². The molecule has 4 heteroatoms. The Morgan fingerprint density at radius 2 is 1.50 bits per heavy atom. The molecule has 0 aromatic rings. The van der Waals surface area contributed by atoms with E-state index in [1.54, 1.807) is 0 Å². The van der Waals surface area contributed by atoms with Crippen LogP contribution in [0.5, 0.6) is 0 Å². The molecule has 0 fully saturated rings. The number of hydrogen-bond donors (Lipinski definition) is 1. The summed E-state index contributed by atoms with van der Waals surface area (Å²) >= 11 is 0. The van der Waals surface area contributed by atoms with Gasteiger partial charge in [0.05, 0.1) is 0 Å². The van der Waals surface area contributed by atoms with Gasteiger partial charge in [0.25, 0.3) is 0 Å². The zero-order valence-electron chi connectivity index (χ0n) is 7.26. The zero-order valence-corrected chi connectivity index (χ0v) is 11.5. The van der Waals surface area contributed by atoms with Crippen molar-refractivity contribution < 1.29 is 5.11 Å². The molecule has 60 valence electrons. The second-order valence-corrected chi connectivity index (χ2v) is 4.91. The predicted molar refractivity (Wildman–Crippen MR) is 57.7 cm³/mol. The molecule has 0 aliphatic heterocycles. The summed E-state index contributed by atoms with van der Waals surface area (Å²) in [5, 5.41) is 7.88. The normalized spacial score (nSPS) is 6.60. The molecular weight excluding hydrogens is 220 g/mol. The molecule has 0 aromatic heterocycles. The second-order valence-electron chi connectivity index (χ2n) is 2.12. The standard InChI is InChI=1S/C3H8O.C3H9Si.BrH.Mg/c1-2-3-4;1-4(2)3;;/h4H,2-3H2,1H3;4H,1H2,2-3H3;1H;/q;-1;;+2. The van der Waals surface area contributed by atoms with Crippen molar-refractivity contribution in [3.05, 3.63) is 6.55 Å². The van der Waals surface area contributed by atoms with Gasteiger partial charge in [0.15, 0.2) is 0 Å². The van der Waals surface area contributed by atoms with Crippen LogP contribution in [0.2, 0.25) is 13.1 Å². The van der Waals surface area contributed by atoms with Crippen LogP contribution in [0.15, 0.2) is 0 Å². The Labute approximate surface area is 93.1 Å². The van der Waals surface area contributed by atoms with Crippen LogP contribution in [0.4, 0.5) is 0 Å². The first-order chi connectivity index (χ1) is 3.65. The SMILES string of the molecule is Br.CCCO.[CH2-][SiH](C)C.[Mg+2]. The molecule has 0 aromatic carbocycles. The van der Waals surface area contributed by atoms with E-state index >= 15 is 0 Å². The summed E-state index contributed by atoms with van der Waals surface area (Å²) in [6.45, 7) is 10.4. The topological polar surface area (TPSA) is 20.2 Å². The fourth-order valence-corrected chi connectivity index (χ4v) is 0. The average molecular weight is 239 g/mol. The predicted octanol–water partition coefficient (Wildman–Crippen LogP) is 1.43. The smallest absolute Gasteiger partial charge is 0.396 e. The second kappa shape index (κ2) is 22.4. The summed E-state index contributed by atoms with van der Waals surface area (Å²) in [4.78, 5) is 0. The van der Waals surface area contributed by atoms with Gasteiger partial charge in [-0.25, -0.2) is 0 Å². The molecule has 0 saturated heterocycles. The molecule has 0 atom stereocenters. The van der Waals surface area contributed by atoms with E-state index in [0.29, 0.717) is 6.61 Å². The molecule has 1 N–H and O–H groups in total. The van der Waals surface area contributed by atoms with Crippen molar-refractivity contribution in [3.8, 4) is 0 Å². The van der Waals surface area contributed by atoms with Crippen LogP contribution in [0.25, 0.3) is 0 Å². The molecule has 0 spiro atoms. The summed E-state index contributed by atoms with van der Waals surface area (Å²) in [5.41, 5.74) is 0. The molecule has 1 nitrogen and oxygen atoms in total. The molecule has 0 bridgehead atoms. The van der Waals surface area contributed by atoms with Gasteiger partial charge in [-0.05, 0) is 6.42 Å². The quantitative estimate of drug-likeness (QED) is 0.541. The number of aliphatic hydroxyl groups excluding tert-OH is 1. The fourth-order valence-electron chi connectivity index (χ4n) is 0. The van der Waals surface area contributed by atoms with E-state index in [0.717, 1.165) is 6.42 Å². The minimum Gasteiger partial charge on any atom is -0.396 e. The van der Waals surface area contributed by atoms with E-state index in [9.17, 15) is 0 Å². The van der Waals surface area contributed by atoms with Gasteiger partial charge in [-0.2, -0.15) is 0 Å². The molecule has 0 radical (unpaired) electrons. The third-order valence-corrected chi connectivity index (χ3v) is 0.224. The van der Waals surface area contributed by atoms with Crippen LogP contribution in [-0.2, 0) is 0 Å². The molecule has 0 heterocycles. The van der Waals surface area contributed by atoms with Gasteiger partial charge < -0.3 is 11.7 Å². The summed E-state index contributed by atoms with van der Waals surface area (Å²) < 4.78 is 0. The molecule has 0 aliphatic rings. The van der Waals surface area contributed by atoms with Gasteiger partial charge in [-0.15, -0.1) is 25.8 Å². The van der Waals surface area contributed by atoms with Gasteiger partial charge in [0, 0.05) is 6.61 Å². The minimum absolute atomic E-state index is 0. The van der Waals surface area contributed by atoms with E-state index in [1.807, 2.05) is 6.92 Å². The van der Waals surface area contributed by atoms with Crippen LogP contribution in [0.1, 0.15) is 13.3 Å². The van der Waals surface area contributed by atoms with Crippen molar-refractivity contribution in [2.24, 2.45) is 0 Å². The fraction of sp³-hybridized carbons (Fsp3) is 0.833. The van der Waals surface area contributed by atoms with Crippen LogP contribution in [-0.4, -0.2) is 43.6 Å². The Hall–Kier alpha value is 1.42. The summed E-state index contributed by atoms with van der Waals surface area (Å²) in [6, 6.07) is 0. The minimum atomic E-state index is -0.389. The van der Waals surface area contributed by atoms with Crippen LogP contribution >= 0.6 is 17.0 Å². The average Bonchev–Trinajstić information content (AvgIpc) is 1.65. The molecular formula is C6H18BrMgOSi+. The van der Waals surface area contributed by atoms with Crippen LogP contribution < -0.4 is 0 Å². The number of aliphatic hydroxyl groups is 1. The maximum Gasteiger partial charge on any atom is 2.00 e. The van der Waals surface area contributed by atoms with Crippen molar-refractivity contribution in [2.45, 2.75) is 26.4 Å². The van der Waals surface area contributed by atoms with Gasteiger partial charge in [-0.1, -0.05) is 20.0 Å². The van der Waals surface area contributed by atoms with Gasteiger partial charge in [-0.3, -0.25) is 0 Å². The molecule has 0 saturated carbocycles. The Morgan fingerprint density at radius 1 is 1.40 bits per heavy atom. The largest absolute Gasteiger partial charge is 2.00 e. The van der Waals surface area contributed by atoms with Crippen LogP contribution in [0, 0.1) is 6.55 Å². The van der Waals surface area contributed by atoms with E-state index < -0.39 is 0 Å². The van der Waals surface area contributed by atoms with Gasteiger partial charge in [0.1, 0.15) is 0 Å². The van der Waals surface area contributed by atoms with Crippen molar-refractivity contribution >= 4 is 48.8 Å². The summed E-state index contributed by atoms with van der Waals surface area (Å²) in [5.74, 6) is 0. The van der Waals surface area contributed by atoms with Crippen LogP contribution in [0.3, 0.4) is 0 Å². The molecule has 0 amide bonds. The molecule has 10 heavy (non-hydrogen) atoms. The first kappa shape index (κ1) is 22.5. The number of hydrogen-bond acceptors (Lipinski definition) is 1. The molecule has 0 unspecified atom stereocenters. The van der Waals surface area contributed by atoms with Gasteiger partial charge in [0.2, 0.25) is 0 Å².